The SMILES string of the molecule is CCC1CC(CC)C2C1C1CC2C2(CC(=O)N(C)C2=O)C1. The van der Waals surface area contributed by atoms with Gasteiger partial charge >= 0.3 is 0 Å². The zero-order valence-electron chi connectivity index (χ0n) is 13.5. The number of nitrogens with zero attached hydrogens (tertiary/aromatic N) is 1. The van der Waals surface area contributed by atoms with Gasteiger partial charge in [-0.25, -0.2) is 0 Å². The van der Waals surface area contributed by atoms with Gasteiger partial charge in [0.1, 0.15) is 0 Å². The first kappa shape index (κ1) is 13.8. The zero-order valence-corrected chi connectivity index (χ0v) is 13.5. The fourth-order valence-electron chi connectivity index (χ4n) is 6.94. The van der Waals surface area contributed by atoms with Crippen molar-refractivity contribution in [2.75, 3.05) is 7.05 Å². The minimum atomic E-state index is -0.298. The predicted octanol–water partition coefficient (Wildman–Crippen LogP) is 3.09. The summed E-state index contributed by atoms with van der Waals surface area (Å²) in [5, 5.41) is 0. The predicted molar refractivity (Wildman–Crippen MR) is 80.2 cm³/mol. The van der Waals surface area contributed by atoms with Crippen LogP contribution in [0.3, 0.4) is 0 Å². The Hall–Kier alpha value is -0.860. The number of imide groups is 1. The maximum absolute atomic E-state index is 12.8. The largest absolute Gasteiger partial charge is 0.285 e. The van der Waals surface area contributed by atoms with Crippen molar-refractivity contribution in [3.8, 4) is 0 Å². The van der Waals surface area contributed by atoms with Crippen LogP contribution < -0.4 is 0 Å². The van der Waals surface area contributed by atoms with Crippen molar-refractivity contribution in [1.29, 1.82) is 0 Å². The Kier molecular flexibility index (Phi) is 2.84. The number of rotatable bonds is 2. The first-order valence-corrected chi connectivity index (χ1v) is 8.84. The van der Waals surface area contributed by atoms with Crippen LogP contribution in [0.15, 0.2) is 0 Å². The monoisotopic (exact) mass is 289 g/mol. The molecular formula is C18H27NO2. The summed E-state index contributed by atoms with van der Waals surface area (Å²) in [7, 11) is 1.68. The van der Waals surface area contributed by atoms with Gasteiger partial charge in [0.2, 0.25) is 11.8 Å². The molecule has 2 bridgehead atoms. The third-order valence-corrected chi connectivity index (χ3v) is 7.66. The molecule has 4 rings (SSSR count). The van der Waals surface area contributed by atoms with E-state index in [0.717, 1.165) is 30.1 Å². The smallest absolute Gasteiger partial charge is 0.235 e. The number of fused-ring (bicyclic) bond motifs is 6. The quantitative estimate of drug-likeness (QED) is 0.733. The van der Waals surface area contributed by atoms with Gasteiger partial charge < -0.3 is 0 Å². The fraction of sp³-hybridized carbons (Fsp3) is 0.889. The second-order valence-electron chi connectivity index (χ2n) is 8.12. The highest BCUT2D eigenvalue weighted by atomic mass is 16.2. The zero-order chi connectivity index (χ0) is 14.9. The van der Waals surface area contributed by atoms with Gasteiger partial charge in [0.15, 0.2) is 0 Å². The highest BCUT2D eigenvalue weighted by molar-refractivity contribution is 6.06. The summed E-state index contributed by atoms with van der Waals surface area (Å²) >= 11 is 0. The average Bonchev–Trinajstić information content (AvgIpc) is 3.17. The summed E-state index contributed by atoms with van der Waals surface area (Å²) in [4.78, 5) is 26.3. The highest BCUT2D eigenvalue weighted by Crippen LogP contribution is 2.71. The van der Waals surface area contributed by atoms with Crippen LogP contribution in [0.5, 0.6) is 0 Å². The van der Waals surface area contributed by atoms with E-state index < -0.39 is 0 Å². The van der Waals surface area contributed by atoms with Crippen LogP contribution >= 0.6 is 0 Å². The standard InChI is InChI=1S/C18H27NO2/c1-4-10-6-11(5-2)16-13-7-12(15(10)16)8-18(13)9-14(20)19(3)17(18)21/h10-13,15-16H,4-9H2,1-3H3. The molecule has 3 saturated carbocycles. The van der Waals surface area contributed by atoms with E-state index in [2.05, 4.69) is 13.8 Å². The Balaban J connectivity index is 1.70. The Morgan fingerprint density at radius 3 is 2.33 bits per heavy atom. The minimum Gasteiger partial charge on any atom is -0.285 e. The van der Waals surface area contributed by atoms with Crippen molar-refractivity contribution in [3.05, 3.63) is 0 Å². The van der Waals surface area contributed by atoms with Gasteiger partial charge in [0.25, 0.3) is 0 Å². The summed E-state index contributed by atoms with van der Waals surface area (Å²) in [5.41, 5.74) is -0.298. The molecule has 0 aromatic rings. The molecule has 3 aliphatic carbocycles. The second-order valence-corrected chi connectivity index (χ2v) is 8.12. The number of amides is 2. The maximum atomic E-state index is 12.8. The molecular weight excluding hydrogens is 262 g/mol. The van der Waals surface area contributed by atoms with E-state index in [9.17, 15) is 9.59 Å². The summed E-state index contributed by atoms with van der Waals surface area (Å²) in [6.45, 7) is 4.64. The number of hydrogen-bond acceptors (Lipinski definition) is 2. The molecule has 2 amide bonds. The van der Waals surface area contributed by atoms with Gasteiger partial charge in [-0.3, -0.25) is 14.5 Å². The molecule has 3 heteroatoms. The fourth-order valence-corrected chi connectivity index (χ4v) is 6.94. The molecule has 1 saturated heterocycles. The number of hydrogen-bond donors (Lipinski definition) is 0. The van der Waals surface area contributed by atoms with Crippen LogP contribution in [0, 0.1) is 40.9 Å². The van der Waals surface area contributed by atoms with E-state index in [0.29, 0.717) is 18.3 Å². The van der Waals surface area contributed by atoms with Gasteiger partial charge in [-0.05, 0) is 54.8 Å². The van der Waals surface area contributed by atoms with E-state index in [1.807, 2.05) is 0 Å². The maximum Gasteiger partial charge on any atom is 0.235 e. The molecule has 116 valence electrons. The molecule has 0 aromatic heterocycles. The summed E-state index contributed by atoms with van der Waals surface area (Å²) < 4.78 is 0. The van der Waals surface area contributed by atoms with Crippen molar-refractivity contribution in [2.45, 2.75) is 52.4 Å². The molecule has 7 atom stereocenters. The lowest BCUT2D eigenvalue weighted by atomic mass is 9.62. The molecule has 4 fully saturated rings. The summed E-state index contributed by atoms with van der Waals surface area (Å²) in [5.74, 6) is 4.65. The van der Waals surface area contributed by atoms with E-state index >= 15 is 0 Å². The first-order valence-electron chi connectivity index (χ1n) is 8.84. The Labute approximate surface area is 127 Å². The van der Waals surface area contributed by atoms with Crippen molar-refractivity contribution in [1.82, 2.24) is 4.90 Å². The van der Waals surface area contributed by atoms with Crippen molar-refractivity contribution in [3.63, 3.8) is 0 Å². The van der Waals surface area contributed by atoms with Gasteiger partial charge in [-0.1, -0.05) is 26.7 Å². The summed E-state index contributed by atoms with van der Waals surface area (Å²) in [6, 6.07) is 0. The van der Waals surface area contributed by atoms with E-state index in [-0.39, 0.29) is 17.2 Å². The summed E-state index contributed by atoms with van der Waals surface area (Å²) in [6.07, 6.45) is 6.62. The van der Waals surface area contributed by atoms with Crippen LogP contribution in [0.25, 0.3) is 0 Å². The normalized spacial score (nSPS) is 51.5. The lowest BCUT2D eigenvalue weighted by Gasteiger charge is -2.41. The third-order valence-electron chi connectivity index (χ3n) is 7.66. The Morgan fingerprint density at radius 1 is 1.10 bits per heavy atom. The van der Waals surface area contributed by atoms with E-state index in [1.165, 1.54) is 30.6 Å². The minimum absolute atomic E-state index is 0.0576. The number of likely N-dealkylation sites (tertiary alicyclic amines) is 1. The molecule has 3 nitrogen and oxygen atoms in total. The number of carbonyl (C=O) groups is 2. The van der Waals surface area contributed by atoms with Crippen LogP contribution in [0.4, 0.5) is 0 Å². The molecule has 1 aliphatic heterocycles. The lowest BCUT2D eigenvalue weighted by Crippen LogP contribution is -2.43. The lowest BCUT2D eigenvalue weighted by molar-refractivity contribution is -0.142. The molecule has 0 aromatic carbocycles. The highest BCUT2D eigenvalue weighted by Gasteiger charge is 2.69. The van der Waals surface area contributed by atoms with Gasteiger partial charge in [-0.15, -0.1) is 0 Å². The molecule has 1 heterocycles. The third kappa shape index (κ3) is 1.50. The van der Waals surface area contributed by atoms with Crippen LogP contribution in [-0.4, -0.2) is 23.8 Å². The second kappa shape index (κ2) is 4.33. The van der Waals surface area contributed by atoms with Crippen molar-refractivity contribution < 1.29 is 9.59 Å². The molecule has 4 aliphatic rings. The molecule has 1 spiro atoms. The Bertz CT molecular complexity index is 501. The van der Waals surface area contributed by atoms with Crippen LogP contribution in [0.1, 0.15) is 52.4 Å². The Morgan fingerprint density at radius 2 is 1.76 bits per heavy atom. The number of carbonyl (C=O) groups excluding carboxylic acids is 2. The van der Waals surface area contributed by atoms with E-state index in [4.69, 9.17) is 0 Å². The molecule has 0 N–H and O–H groups in total. The molecule has 7 unspecified atom stereocenters. The topological polar surface area (TPSA) is 37.4 Å². The van der Waals surface area contributed by atoms with Gasteiger partial charge in [-0.2, -0.15) is 0 Å². The van der Waals surface area contributed by atoms with Crippen LogP contribution in [0.2, 0.25) is 0 Å². The van der Waals surface area contributed by atoms with Crippen molar-refractivity contribution in [2.24, 2.45) is 40.9 Å². The van der Waals surface area contributed by atoms with Gasteiger partial charge in [0, 0.05) is 13.5 Å². The van der Waals surface area contributed by atoms with Crippen molar-refractivity contribution >= 4 is 11.8 Å². The van der Waals surface area contributed by atoms with Gasteiger partial charge in [0.05, 0.1) is 5.41 Å². The molecule has 0 radical (unpaired) electrons. The molecule has 21 heavy (non-hydrogen) atoms. The first-order chi connectivity index (χ1) is 10.0. The van der Waals surface area contributed by atoms with Crippen LogP contribution in [-0.2, 0) is 9.59 Å². The van der Waals surface area contributed by atoms with E-state index in [1.54, 1.807) is 7.05 Å². The average molecular weight is 289 g/mol.